The van der Waals surface area contributed by atoms with Gasteiger partial charge in [0.25, 0.3) is 0 Å². The number of anilines is 2. The van der Waals surface area contributed by atoms with Crippen LogP contribution < -0.4 is 26.4 Å². The van der Waals surface area contributed by atoms with Gasteiger partial charge in [-0.3, -0.25) is 14.2 Å². The predicted octanol–water partition coefficient (Wildman–Crippen LogP) is 2.16. The van der Waals surface area contributed by atoms with Gasteiger partial charge in [-0.15, -0.1) is 0 Å². The van der Waals surface area contributed by atoms with Crippen molar-refractivity contribution >= 4 is 23.1 Å². The number of nitrogen functional groups attached to an aromatic ring is 1. The van der Waals surface area contributed by atoms with Crippen molar-refractivity contribution in [3.63, 3.8) is 0 Å². The third-order valence-corrected chi connectivity index (χ3v) is 6.86. The molecule has 5 N–H and O–H groups in total. The molecule has 0 radical (unpaired) electrons. The minimum atomic E-state index is -1.01. The number of benzene rings is 1. The van der Waals surface area contributed by atoms with Crippen molar-refractivity contribution < 1.29 is 13.9 Å². The molecule has 1 aliphatic rings. The number of imidazole rings is 1. The fourth-order valence-electron chi connectivity index (χ4n) is 4.94. The van der Waals surface area contributed by atoms with Crippen LogP contribution in [0.1, 0.15) is 24.1 Å². The number of rotatable bonds is 6. The van der Waals surface area contributed by atoms with Crippen molar-refractivity contribution in [1.29, 1.82) is 0 Å². The molecule has 5 rings (SSSR count). The van der Waals surface area contributed by atoms with Crippen LogP contribution in [0.15, 0.2) is 49.1 Å². The summed E-state index contributed by atoms with van der Waals surface area (Å²) in [6.07, 6.45) is 8.80. The molecule has 0 spiro atoms. The third kappa shape index (κ3) is 4.53. The van der Waals surface area contributed by atoms with E-state index >= 15 is 0 Å². The van der Waals surface area contributed by atoms with Crippen LogP contribution in [0.4, 0.5) is 15.9 Å². The lowest BCUT2D eigenvalue weighted by atomic mass is 9.88. The number of aromatic nitrogens is 4. The molecule has 0 aliphatic carbocycles. The quantitative estimate of drug-likeness (QED) is 0.363. The molecular weight excluding hydrogens is 475 g/mol. The van der Waals surface area contributed by atoms with Gasteiger partial charge in [-0.1, -0.05) is 0 Å². The minimum Gasteiger partial charge on any atom is -0.494 e. The Hall–Kier alpha value is -4.25. The first-order chi connectivity index (χ1) is 17.8. The van der Waals surface area contributed by atoms with E-state index in [1.165, 1.54) is 13.2 Å². The van der Waals surface area contributed by atoms with Crippen LogP contribution >= 0.6 is 0 Å². The van der Waals surface area contributed by atoms with Crippen LogP contribution in [0.5, 0.6) is 5.75 Å². The van der Waals surface area contributed by atoms with Gasteiger partial charge >= 0.3 is 0 Å². The van der Waals surface area contributed by atoms with E-state index in [4.69, 9.17) is 16.2 Å². The number of methoxy groups -OCH3 is 1. The van der Waals surface area contributed by atoms with E-state index in [-0.39, 0.29) is 11.7 Å². The number of ether oxygens (including phenoxy) is 1. The Labute approximate surface area is 213 Å². The van der Waals surface area contributed by atoms with Crippen LogP contribution in [0.2, 0.25) is 0 Å². The first-order valence-electron chi connectivity index (χ1n) is 12.0. The number of hydrogen-bond acceptors (Lipinski definition) is 8. The predicted molar refractivity (Wildman–Crippen MR) is 139 cm³/mol. The molecule has 1 atom stereocenters. The average molecular weight is 505 g/mol. The number of piperidine rings is 1. The number of fused-ring (bicyclic) bond motifs is 1. The van der Waals surface area contributed by atoms with Crippen molar-refractivity contribution in [2.45, 2.75) is 24.8 Å². The number of nitrogens with one attached hydrogen (secondary N) is 1. The van der Waals surface area contributed by atoms with Crippen molar-refractivity contribution in [3.8, 4) is 17.0 Å². The van der Waals surface area contributed by atoms with Crippen molar-refractivity contribution in [1.82, 2.24) is 24.7 Å². The maximum atomic E-state index is 14.5. The zero-order valence-corrected chi connectivity index (χ0v) is 20.7. The molecule has 37 heavy (non-hydrogen) atoms. The van der Waals surface area contributed by atoms with Gasteiger partial charge in [-0.25, -0.2) is 14.4 Å². The van der Waals surface area contributed by atoms with E-state index in [0.717, 1.165) is 29.9 Å². The molecule has 1 amide bonds. The number of carbonyl (C=O) groups is 1. The second-order valence-electron chi connectivity index (χ2n) is 9.24. The molecule has 0 bridgehead atoms. The summed E-state index contributed by atoms with van der Waals surface area (Å²) in [5.41, 5.74) is 16.0. The highest BCUT2D eigenvalue weighted by Crippen LogP contribution is 2.32. The molecule has 1 saturated heterocycles. The normalized spacial score (nSPS) is 17.7. The number of likely N-dealkylation sites (N-methyl/N-ethyl adjacent to an activating group) is 1. The Kier molecular flexibility index (Phi) is 6.38. The summed E-state index contributed by atoms with van der Waals surface area (Å²) in [4.78, 5) is 27.9. The summed E-state index contributed by atoms with van der Waals surface area (Å²) in [5, 5.41) is 2.69. The average Bonchev–Trinajstić information content (AvgIpc) is 3.32. The van der Waals surface area contributed by atoms with Gasteiger partial charge in [-0.2, -0.15) is 0 Å². The van der Waals surface area contributed by atoms with Crippen LogP contribution in [0.3, 0.4) is 0 Å². The van der Waals surface area contributed by atoms with E-state index in [1.54, 1.807) is 37.8 Å². The second-order valence-corrected chi connectivity index (χ2v) is 9.24. The van der Waals surface area contributed by atoms with Gasteiger partial charge in [0.1, 0.15) is 5.54 Å². The smallest absolute Gasteiger partial charge is 0.241 e. The molecule has 0 saturated carbocycles. The molecule has 4 aromatic rings. The summed E-state index contributed by atoms with van der Waals surface area (Å²) in [5.74, 6) is -0.152. The molecule has 1 unspecified atom stereocenters. The summed E-state index contributed by atoms with van der Waals surface area (Å²) < 4.78 is 21.4. The highest BCUT2D eigenvalue weighted by Gasteiger charge is 2.38. The molecule has 10 nitrogen and oxygen atoms in total. The topological polar surface area (TPSA) is 137 Å². The third-order valence-electron chi connectivity index (χ3n) is 6.86. The van der Waals surface area contributed by atoms with Crippen LogP contribution in [-0.4, -0.2) is 58.0 Å². The Balaban J connectivity index is 1.58. The van der Waals surface area contributed by atoms with Gasteiger partial charge in [0, 0.05) is 56.4 Å². The number of nitrogens with zero attached hydrogens (tertiary/aromatic N) is 5. The Morgan fingerprint density at radius 3 is 2.84 bits per heavy atom. The Morgan fingerprint density at radius 1 is 1.24 bits per heavy atom. The first-order valence-corrected chi connectivity index (χ1v) is 12.0. The van der Waals surface area contributed by atoms with E-state index < -0.39 is 11.4 Å². The molecule has 1 aromatic carbocycles. The number of pyridine rings is 1. The molecule has 3 aromatic heterocycles. The number of nitrogens with two attached hydrogens (primary N) is 2. The van der Waals surface area contributed by atoms with Crippen molar-refractivity contribution in [3.05, 3.63) is 66.1 Å². The van der Waals surface area contributed by atoms with Crippen LogP contribution in [0, 0.1) is 5.82 Å². The highest BCUT2D eigenvalue weighted by molar-refractivity contribution is 5.87. The van der Waals surface area contributed by atoms with Gasteiger partial charge in [-0.05, 0) is 42.7 Å². The Bertz CT molecular complexity index is 1470. The molecule has 1 aliphatic heterocycles. The van der Waals surface area contributed by atoms with Gasteiger partial charge in [0.05, 0.1) is 24.7 Å². The lowest BCUT2D eigenvalue weighted by Gasteiger charge is -2.40. The van der Waals surface area contributed by atoms with E-state index in [9.17, 15) is 9.18 Å². The minimum absolute atomic E-state index is 0.166. The first kappa shape index (κ1) is 24.4. The zero-order chi connectivity index (χ0) is 26.2. The summed E-state index contributed by atoms with van der Waals surface area (Å²) in [6.45, 7) is 1.08. The molecule has 4 heterocycles. The lowest BCUT2D eigenvalue weighted by molar-refractivity contribution is -0.126. The maximum Gasteiger partial charge on any atom is 0.241 e. The van der Waals surface area contributed by atoms with Gasteiger partial charge in [0.2, 0.25) is 5.91 Å². The lowest BCUT2D eigenvalue weighted by Crippen LogP contribution is -2.62. The summed E-state index contributed by atoms with van der Waals surface area (Å²) in [7, 11) is 3.02. The van der Waals surface area contributed by atoms with E-state index in [1.807, 2.05) is 16.7 Å². The molecule has 11 heteroatoms. The zero-order valence-electron chi connectivity index (χ0n) is 20.7. The fourth-order valence-corrected chi connectivity index (χ4v) is 4.94. The number of carbonyl (C=O) groups excluding carboxylic acids is 1. The second kappa shape index (κ2) is 9.66. The molecule has 192 valence electrons. The number of halogens is 1. The highest BCUT2D eigenvalue weighted by atomic mass is 19.1. The molecule has 1 fully saturated rings. The van der Waals surface area contributed by atoms with Crippen LogP contribution in [0.25, 0.3) is 16.9 Å². The number of amides is 1. The standard InChI is InChI=1S/C26H29FN8O2/c1-30-25(36)26(29)6-3-8-34(15-26)21-14-32-20(16-4-5-22(37-2)19(27)11-16)12-17(21)10-18-13-33-24-23(28)31-7-9-35(18)24/h4-5,7,9,11-14H,3,6,8,10,15,29H2,1-2H3,(H2,28,31)(H,30,36). The summed E-state index contributed by atoms with van der Waals surface area (Å²) >= 11 is 0. The largest absolute Gasteiger partial charge is 0.494 e. The number of hydrogen-bond donors (Lipinski definition) is 3. The van der Waals surface area contributed by atoms with Gasteiger partial charge < -0.3 is 26.4 Å². The van der Waals surface area contributed by atoms with E-state index in [2.05, 4.69) is 25.2 Å². The van der Waals surface area contributed by atoms with Crippen LogP contribution in [-0.2, 0) is 11.2 Å². The summed E-state index contributed by atoms with van der Waals surface area (Å²) in [6, 6.07) is 6.69. The monoisotopic (exact) mass is 504 g/mol. The SMILES string of the molecule is CNC(=O)C1(N)CCCN(c2cnc(-c3ccc(OC)c(F)c3)cc2Cc2cnc3c(N)nccn23)C1. The Morgan fingerprint density at radius 2 is 2.08 bits per heavy atom. The van der Waals surface area contributed by atoms with E-state index in [0.29, 0.717) is 42.1 Å². The fraction of sp³-hybridized carbons (Fsp3) is 0.308. The maximum absolute atomic E-state index is 14.5. The van der Waals surface area contributed by atoms with Crippen molar-refractivity contribution in [2.24, 2.45) is 5.73 Å². The molecular formula is C26H29FN8O2. The van der Waals surface area contributed by atoms with Gasteiger partial charge in [0.15, 0.2) is 23.0 Å². The van der Waals surface area contributed by atoms with Crippen molar-refractivity contribution in [2.75, 3.05) is 37.9 Å².